The summed E-state index contributed by atoms with van der Waals surface area (Å²) in [5.74, 6) is 1.54. The van der Waals surface area contributed by atoms with Crippen LogP contribution in [-0.4, -0.2) is 56.4 Å². The molecule has 1 spiro atoms. The maximum Gasteiger partial charge on any atom is 0.194 e. The van der Waals surface area contributed by atoms with Gasteiger partial charge in [0.05, 0.1) is 25.5 Å². The molecule has 0 radical (unpaired) electrons. The number of likely N-dealkylation sites (tertiary alicyclic amines) is 1. The molecule has 32 heavy (non-hydrogen) atoms. The van der Waals surface area contributed by atoms with Gasteiger partial charge in [-0.05, 0) is 31.5 Å². The number of allylic oxidation sites excluding steroid dienone is 1. The Labute approximate surface area is 188 Å². The van der Waals surface area contributed by atoms with Gasteiger partial charge in [0.2, 0.25) is 0 Å². The number of hydrogen-bond acceptors (Lipinski definition) is 6. The van der Waals surface area contributed by atoms with Gasteiger partial charge in [0.1, 0.15) is 22.9 Å². The number of methoxy groups -OCH3 is 2. The van der Waals surface area contributed by atoms with Crippen molar-refractivity contribution in [3.8, 4) is 11.5 Å². The first kappa shape index (κ1) is 20.6. The van der Waals surface area contributed by atoms with Gasteiger partial charge in [0.15, 0.2) is 5.78 Å². The minimum atomic E-state index is -0.778. The van der Waals surface area contributed by atoms with E-state index in [9.17, 15) is 10.2 Å². The fraction of sp³-hybridized carbons (Fsp3) is 0.360. The number of fused-ring (bicyclic) bond motifs is 1. The Morgan fingerprint density at radius 3 is 2.31 bits per heavy atom. The number of ketones is 1. The third kappa shape index (κ3) is 3.07. The van der Waals surface area contributed by atoms with E-state index in [4.69, 9.17) is 9.47 Å². The monoisotopic (exact) mass is 432 g/mol. The van der Waals surface area contributed by atoms with Crippen molar-refractivity contribution in [2.45, 2.75) is 24.8 Å². The average molecular weight is 433 g/mol. The molecule has 5 rings (SSSR count). The Morgan fingerprint density at radius 2 is 1.69 bits per heavy atom. The number of Topliss-reactive ketones (excluding diaryl/α,β-unsaturated/α-hetero) is 1. The molecule has 3 aliphatic heterocycles. The summed E-state index contributed by atoms with van der Waals surface area (Å²) >= 11 is 0. The van der Waals surface area contributed by atoms with Crippen LogP contribution in [0.5, 0.6) is 11.5 Å². The van der Waals surface area contributed by atoms with E-state index in [1.165, 1.54) is 0 Å². The topological polar surface area (TPSA) is 77.9 Å². The molecule has 166 valence electrons. The number of carbonyl (C=O) groups is 1. The Balaban J connectivity index is 1.65. The first-order chi connectivity index (χ1) is 15.5. The van der Waals surface area contributed by atoms with E-state index in [2.05, 4.69) is 23.3 Å². The molecule has 0 saturated carbocycles. The van der Waals surface area contributed by atoms with E-state index in [1.807, 2.05) is 35.2 Å². The van der Waals surface area contributed by atoms with Crippen molar-refractivity contribution in [3.63, 3.8) is 0 Å². The van der Waals surface area contributed by atoms with Crippen molar-refractivity contribution in [1.29, 1.82) is 5.41 Å². The summed E-state index contributed by atoms with van der Waals surface area (Å²) < 4.78 is 11.0. The second-order valence-corrected chi connectivity index (χ2v) is 8.73. The van der Waals surface area contributed by atoms with Crippen molar-refractivity contribution in [2.24, 2.45) is 0 Å². The first-order valence-electron chi connectivity index (χ1n) is 10.9. The number of anilines is 2. The van der Waals surface area contributed by atoms with Crippen LogP contribution in [0, 0.1) is 5.41 Å². The molecule has 0 bridgehead atoms. The fourth-order valence-corrected chi connectivity index (χ4v) is 5.13. The van der Waals surface area contributed by atoms with Crippen LogP contribution in [-0.2, 0) is 11.2 Å². The fourth-order valence-electron chi connectivity index (χ4n) is 5.13. The number of benzene rings is 2. The Kier molecular flexibility index (Phi) is 4.93. The second kappa shape index (κ2) is 7.67. The Bertz CT molecular complexity index is 1080. The van der Waals surface area contributed by atoms with Crippen LogP contribution in [0.1, 0.15) is 18.4 Å². The molecule has 2 saturated heterocycles. The first-order valence-corrected chi connectivity index (χ1v) is 10.9. The molecule has 7 nitrogen and oxygen atoms in total. The van der Waals surface area contributed by atoms with Gasteiger partial charge in [-0.15, -0.1) is 0 Å². The summed E-state index contributed by atoms with van der Waals surface area (Å²) in [4.78, 5) is 18.2. The average Bonchev–Trinajstić information content (AvgIpc) is 3.32. The third-order valence-electron chi connectivity index (χ3n) is 6.92. The summed E-state index contributed by atoms with van der Waals surface area (Å²) in [5, 5.41) is 12.6. The quantitative estimate of drug-likeness (QED) is 0.724. The minimum absolute atomic E-state index is 0.0349. The number of nitrogens with one attached hydrogen (secondary N) is 2. The highest BCUT2D eigenvalue weighted by molar-refractivity contribution is 6.37. The molecule has 2 aromatic rings. The number of para-hydroxylation sites is 1. The molecule has 0 aromatic heterocycles. The van der Waals surface area contributed by atoms with Crippen molar-refractivity contribution in [3.05, 3.63) is 59.3 Å². The van der Waals surface area contributed by atoms with Crippen LogP contribution in [0.3, 0.4) is 0 Å². The summed E-state index contributed by atoms with van der Waals surface area (Å²) in [6.45, 7) is 1.60. The van der Waals surface area contributed by atoms with Crippen LogP contribution in [0.2, 0.25) is 0 Å². The van der Waals surface area contributed by atoms with Crippen LogP contribution >= 0.6 is 0 Å². The molecule has 0 amide bonds. The van der Waals surface area contributed by atoms with Crippen LogP contribution in [0.4, 0.5) is 11.4 Å². The van der Waals surface area contributed by atoms with Crippen molar-refractivity contribution >= 4 is 23.0 Å². The van der Waals surface area contributed by atoms with Gasteiger partial charge >= 0.3 is 0 Å². The lowest BCUT2D eigenvalue weighted by molar-refractivity contribution is -0.120. The van der Waals surface area contributed by atoms with Gasteiger partial charge in [-0.25, -0.2) is 0 Å². The number of nitrogens with zero attached hydrogens (tertiary/aromatic N) is 2. The number of piperidine rings is 1. The van der Waals surface area contributed by atoms with E-state index in [0.717, 1.165) is 35.7 Å². The van der Waals surface area contributed by atoms with E-state index in [1.54, 1.807) is 20.3 Å². The zero-order valence-corrected chi connectivity index (χ0v) is 18.7. The summed E-state index contributed by atoms with van der Waals surface area (Å²) in [6.07, 6.45) is 1.95. The van der Waals surface area contributed by atoms with Crippen LogP contribution < -0.4 is 19.7 Å². The minimum Gasteiger partial charge on any atom is -0.497 e. The molecule has 0 aliphatic carbocycles. The smallest absolute Gasteiger partial charge is 0.194 e. The summed E-state index contributed by atoms with van der Waals surface area (Å²) in [7, 11) is 5.29. The number of carbonyl (C=O) groups excluding carboxylic acids is 1. The predicted molar refractivity (Wildman–Crippen MR) is 125 cm³/mol. The molecule has 7 heteroatoms. The highest BCUT2D eigenvalue weighted by atomic mass is 16.5. The number of rotatable bonds is 3. The maximum atomic E-state index is 14.1. The van der Waals surface area contributed by atoms with E-state index >= 15 is 0 Å². The Morgan fingerprint density at radius 1 is 1.03 bits per heavy atom. The van der Waals surface area contributed by atoms with Crippen LogP contribution in [0.25, 0.3) is 0 Å². The molecular formula is C25H28N4O3. The summed E-state index contributed by atoms with van der Waals surface area (Å²) in [6, 6.07) is 13.6. The van der Waals surface area contributed by atoms with Crippen molar-refractivity contribution in [1.82, 2.24) is 4.90 Å². The van der Waals surface area contributed by atoms with Crippen molar-refractivity contribution < 1.29 is 14.3 Å². The predicted octanol–water partition coefficient (Wildman–Crippen LogP) is 3.46. The van der Waals surface area contributed by atoms with E-state index in [-0.39, 0.29) is 11.6 Å². The highest BCUT2D eigenvalue weighted by Crippen LogP contribution is 2.45. The molecular weight excluding hydrogens is 404 g/mol. The second-order valence-electron chi connectivity index (χ2n) is 8.73. The number of hydrogen-bond donors (Lipinski definition) is 2. The number of amidine groups is 1. The van der Waals surface area contributed by atoms with Gasteiger partial charge in [0.25, 0.3) is 0 Å². The largest absolute Gasteiger partial charge is 0.497 e. The highest BCUT2D eigenvalue weighted by Gasteiger charge is 2.56. The molecule has 0 atom stereocenters. The molecule has 2 fully saturated rings. The lowest BCUT2D eigenvalue weighted by atomic mass is 9.82. The van der Waals surface area contributed by atoms with Gasteiger partial charge in [0, 0.05) is 49.1 Å². The van der Waals surface area contributed by atoms with Gasteiger partial charge < -0.3 is 24.6 Å². The lowest BCUT2D eigenvalue weighted by Crippen LogP contribution is -2.56. The SMILES string of the molecule is COc1cc(OC)cc(N2C(=N)C(=C3Cc4ccccc4N3)C(=O)C23CCN(C)CC3)c1. The van der Waals surface area contributed by atoms with Gasteiger partial charge in [-0.2, -0.15) is 0 Å². The van der Waals surface area contributed by atoms with E-state index in [0.29, 0.717) is 36.3 Å². The molecule has 2 aromatic carbocycles. The third-order valence-corrected chi connectivity index (χ3v) is 6.92. The van der Waals surface area contributed by atoms with Gasteiger partial charge in [-0.1, -0.05) is 18.2 Å². The number of ether oxygens (including phenoxy) is 2. The van der Waals surface area contributed by atoms with Crippen molar-refractivity contribution in [2.75, 3.05) is 44.6 Å². The normalized spacial score (nSPS) is 22.3. The van der Waals surface area contributed by atoms with E-state index < -0.39 is 5.54 Å². The molecule has 0 unspecified atom stereocenters. The van der Waals surface area contributed by atoms with Gasteiger partial charge in [-0.3, -0.25) is 10.2 Å². The molecule has 3 heterocycles. The standard InChI is InChI=1S/C25H28N4O3/c1-28-10-8-25(9-11-28)23(30)22(21-12-16-6-4-5-7-20(16)27-21)24(26)29(25)17-13-18(31-2)15-19(14-17)32-3/h4-7,13-15,26-27H,8-12H2,1-3H3. The molecule has 2 N–H and O–H groups in total. The Hall–Kier alpha value is -3.32. The summed E-state index contributed by atoms with van der Waals surface area (Å²) in [5.41, 5.74) is 3.43. The maximum absolute atomic E-state index is 14.1. The zero-order valence-electron chi connectivity index (χ0n) is 18.7. The molecule has 3 aliphatic rings. The zero-order chi connectivity index (χ0) is 22.5. The van der Waals surface area contributed by atoms with Crippen LogP contribution in [0.15, 0.2) is 53.7 Å². The lowest BCUT2D eigenvalue weighted by Gasteiger charge is -2.43.